The predicted octanol–water partition coefficient (Wildman–Crippen LogP) is 4.88. The molecular weight excluding hydrogens is 406 g/mol. The first-order valence-electron chi connectivity index (χ1n) is 11.5. The van der Waals surface area contributed by atoms with Crippen LogP contribution >= 0.6 is 0 Å². The van der Waals surface area contributed by atoms with Crippen LogP contribution in [0, 0.1) is 5.41 Å². The van der Waals surface area contributed by atoms with Gasteiger partial charge in [-0.15, -0.1) is 0 Å². The van der Waals surface area contributed by atoms with E-state index in [1.807, 2.05) is 13.0 Å². The molecule has 1 aromatic carbocycles. The molecule has 6 nitrogen and oxygen atoms in total. The lowest BCUT2D eigenvalue weighted by atomic mass is 9.68. The minimum Gasteiger partial charge on any atom is -0.504 e. The number of ether oxygens (including phenoxy) is 2. The fourth-order valence-electron chi connectivity index (χ4n) is 5.32. The van der Waals surface area contributed by atoms with Crippen LogP contribution in [0.4, 0.5) is 0 Å². The summed E-state index contributed by atoms with van der Waals surface area (Å²) in [5.41, 5.74) is 3.14. The van der Waals surface area contributed by atoms with Crippen molar-refractivity contribution >= 4 is 11.8 Å². The Bertz CT molecular complexity index is 997. The van der Waals surface area contributed by atoms with E-state index in [0.717, 1.165) is 37.8 Å². The SMILES string of the molecule is COc1ccc(C2C(C(=O)OC3CCCCC3)=C(C)NC3=C2C(=O)CC(C)(C)C3)cc1O. The molecule has 0 amide bonds. The molecule has 2 aliphatic carbocycles. The number of esters is 1. The molecule has 0 radical (unpaired) electrons. The Kier molecular flexibility index (Phi) is 6.06. The number of phenolic OH excluding ortho intramolecular Hbond substituents is 1. The molecule has 32 heavy (non-hydrogen) atoms. The van der Waals surface area contributed by atoms with E-state index in [1.165, 1.54) is 13.5 Å². The molecule has 0 bridgehead atoms. The number of aromatic hydroxyl groups is 1. The summed E-state index contributed by atoms with van der Waals surface area (Å²) in [6, 6.07) is 5.07. The number of hydrogen-bond acceptors (Lipinski definition) is 6. The van der Waals surface area contributed by atoms with Gasteiger partial charge in [-0.25, -0.2) is 4.79 Å². The average molecular weight is 440 g/mol. The Balaban J connectivity index is 1.78. The Morgan fingerprint density at radius 3 is 2.53 bits per heavy atom. The Morgan fingerprint density at radius 2 is 1.88 bits per heavy atom. The van der Waals surface area contributed by atoms with Crippen molar-refractivity contribution in [1.82, 2.24) is 5.32 Å². The Hall–Kier alpha value is -2.76. The summed E-state index contributed by atoms with van der Waals surface area (Å²) in [4.78, 5) is 26.8. The van der Waals surface area contributed by atoms with E-state index in [1.54, 1.807) is 12.1 Å². The number of carbonyl (C=O) groups is 2. The molecule has 1 fully saturated rings. The third-order valence-electron chi connectivity index (χ3n) is 6.82. The number of phenols is 1. The zero-order chi connectivity index (χ0) is 23.0. The summed E-state index contributed by atoms with van der Waals surface area (Å²) < 4.78 is 11.1. The van der Waals surface area contributed by atoms with Gasteiger partial charge in [0.25, 0.3) is 0 Å². The van der Waals surface area contributed by atoms with Gasteiger partial charge in [-0.1, -0.05) is 26.3 Å². The number of ketones is 1. The second-order valence-corrected chi connectivity index (χ2v) is 10.0. The van der Waals surface area contributed by atoms with Gasteiger partial charge in [-0.05, 0) is 62.1 Å². The van der Waals surface area contributed by atoms with Crippen molar-refractivity contribution in [3.63, 3.8) is 0 Å². The van der Waals surface area contributed by atoms with Gasteiger partial charge in [-0.3, -0.25) is 4.79 Å². The zero-order valence-electron chi connectivity index (χ0n) is 19.4. The summed E-state index contributed by atoms with van der Waals surface area (Å²) in [7, 11) is 1.49. The number of carbonyl (C=O) groups excluding carboxylic acids is 2. The summed E-state index contributed by atoms with van der Waals surface area (Å²) in [6.45, 7) is 6.02. The van der Waals surface area contributed by atoms with E-state index in [4.69, 9.17) is 9.47 Å². The van der Waals surface area contributed by atoms with Crippen molar-refractivity contribution in [3.05, 3.63) is 46.3 Å². The fourth-order valence-corrected chi connectivity index (χ4v) is 5.32. The second-order valence-electron chi connectivity index (χ2n) is 10.0. The number of dihydropyridines is 1. The first-order valence-corrected chi connectivity index (χ1v) is 11.5. The van der Waals surface area contributed by atoms with Crippen molar-refractivity contribution in [2.45, 2.75) is 77.7 Å². The van der Waals surface area contributed by atoms with Crippen molar-refractivity contribution in [1.29, 1.82) is 0 Å². The van der Waals surface area contributed by atoms with Crippen LogP contribution in [0.2, 0.25) is 0 Å². The van der Waals surface area contributed by atoms with Crippen LogP contribution in [-0.2, 0) is 14.3 Å². The van der Waals surface area contributed by atoms with E-state index < -0.39 is 5.92 Å². The highest BCUT2D eigenvalue weighted by molar-refractivity contribution is 6.04. The highest BCUT2D eigenvalue weighted by atomic mass is 16.5. The quantitative estimate of drug-likeness (QED) is 0.651. The average Bonchev–Trinajstić information content (AvgIpc) is 2.72. The van der Waals surface area contributed by atoms with Gasteiger partial charge in [0, 0.05) is 29.3 Å². The van der Waals surface area contributed by atoms with Gasteiger partial charge < -0.3 is 19.9 Å². The van der Waals surface area contributed by atoms with Gasteiger partial charge in [0.05, 0.1) is 12.7 Å². The standard InChI is InChI=1S/C26H33NO5/c1-15-22(25(30)32-17-8-6-5-7-9-17)23(16-10-11-21(31-4)19(28)12-16)24-18(27-15)13-26(2,3)14-20(24)29/h10-12,17,23,27-28H,5-9,13-14H2,1-4H3. The molecule has 1 aromatic rings. The molecule has 1 heterocycles. The fraction of sp³-hybridized carbons (Fsp3) is 0.538. The summed E-state index contributed by atoms with van der Waals surface area (Å²) in [5.74, 6) is -0.611. The molecule has 1 unspecified atom stereocenters. The molecule has 2 N–H and O–H groups in total. The van der Waals surface area contributed by atoms with Crippen LogP contribution in [0.3, 0.4) is 0 Å². The molecule has 3 aliphatic rings. The second kappa shape index (κ2) is 8.64. The van der Waals surface area contributed by atoms with Crippen molar-refractivity contribution in [3.8, 4) is 11.5 Å². The van der Waals surface area contributed by atoms with E-state index in [9.17, 15) is 14.7 Å². The largest absolute Gasteiger partial charge is 0.504 e. The van der Waals surface area contributed by atoms with Crippen LogP contribution in [0.1, 0.15) is 77.2 Å². The molecule has 0 saturated heterocycles. The maximum atomic E-state index is 13.4. The van der Waals surface area contributed by atoms with Gasteiger partial charge in [0.2, 0.25) is 0 Å². The predicted molar refractivity (Wildman–Crippen MR) is 121 cm³/mol. The van der Waals surface area contributed by atoms with Crippen LogP contribution in [0.25, 0.3) is 0 Å². The van der Waals surface area contributed by atoms with Gasteiger partial charge in [0.1, 0.15) is 6.10 Å². The first-order chi connectivity index (χ1) is 15.2. The highest BCUT2D eigenvalue weighted by Gasteiger charge is 2.43. The molecule has 1 atom stereocenters. The summed E-state index contributed by atoms with van der Waals surface area (Å²) in [5, 5.41) is 13.8. The van der Waals surface area contributed by atoms with Crippen molar-refractivity contribution in [2.75, 3.05) is 7.11 Å². The van der Waals surface area contributed by atoms with Gasteiger partial charge in [0.15, 0.2) is 17.3 Å². The third-order valence-corrected chi connectivity index (χ3v) is 6.82. The van der Waals surface area contributed by atoms with Crippen LogP contribution in [-0.4, -0.2) is 30.1 Å². The lowest BCUT2D eigenvalue weighted by molar-refractivity contribution is -0.146. The molecule has 172 valence electrons. The number of hydrogen-bond donors (Lipinski definition) is 2. The maximum absolute atomic E-state index is 13.4. The highest BCUT2D eigenvalue weighted by Crippen LogP contribution is 2.48. The molecular formula is C26H33NO5. The minimum absolute atomic E-state index is 0.0214. The monoisotopic (exact) mass is 439 g/mol. The van der Waals surface area contributed by atoms with Crippen LogP contribution < -0.4 is 10.1 Å². The van der Waals surface area contributed by atoms with E-state index >= 15 is 0 Å². The molecule has 6 heteroatoms. The smallest absolute Gasteiger partial charge is 0.337 e. The molecule has 1 aliphatic heterocycles. The van der Waals surface area contributed by atoms with Crippen LogP contribution in [0.5, 0.6) is 11.5 Å². The van der Waals surface area contributed by atoms with Crippen molar-refractivity contribution in [2.24, 2.45) is 5.41 Å². The topological polar surface area (TPSA) is 84.9 Å². The maximum Gasteiger partial charge on any atom is 0.337 e. The van der Waals surface area contributed by atoms with Crippen molar-refractivity contribution < 1.29 is 24.2 Å². The first kappa shape index (κ1) is 22.4. The van der Waals surface area contributed by atoms with Crippen LogP contribution in [0.15, 0.2) is 40.7 Å². The Labute approximate surface area is 189 Å². The van der Waals surface area contributed by atoms with E-state index in [0.29, 0.717) is 34.6 Å². The number of allylic oxidation sites excluding steroid dienone is 3. The number of benzene rings is 1. The molecule has 1 saturated carbocycles. The molecule has 4 rings (SSSR count). The number of Topliss-reactive ketones (excluding diaryl/α,β-unsaturated/α-hetero) is 1. The number of rotatable bonds is 4. The molecule has 0 aromatic heterocycles. The molecule has 0 spiro atoms. The minimum atomic E-state index is -0.581. The summed E-state index contributed by atoms with van der Waals surface area (Å²) in [6.07, 6.45) is 6.09. The Morgan fingerprint density at radius 1 is 1.16 bits per heavy atom. The van der Waals surface area contributed by atoms with Gasteiger partial charge >= 0.3 is 5.97 Å². The van der Waals surface area contributed by atoms with E-state index in [2.05, 4.69) is 19.2 Å². The number of nitrogens with one attached hydrogen (secondary N) is 1. The van der Waals surface area contributed by atoms with Gasteiger partial charge in [-0.2, -0.15) is 0 Å². The summed E-state index contributed by atoms with van der Waals surface area (Å²) >= 11 is 0. The van der Waals surface area contributed by atoms with E-state index in [-0.39, 0.29) is 29.0 Å². The third kappa shape index (κ3) is 4.27. The zero-order valence-corrected chi connectivity index (χ0v) is 19.4. The lowest BCUT2D eigenvalue weighted by Gasteiger charge is -2.39. The number of methoxy groups -OCH3 is 1. The normalized spacial score (nSPS) is 23.5. The lowest BCUT2D eigenvalue weighted by Crippen LogP contribution is -2.39.